The van der Waals surface area contributed by atoms with Gasteiger partial charge in [0.15, 0.2) is 0 Å². The van der Waals surface area contributed by atoms with Crippen LogP contribution in [0.4, 0.5) is 0 Å². The fourth-order valence-corrected chi connectivity index (χ4v) is 0. The van der Waals surface area contributed by atoms with Gasteiger partial charge in [-0.05, 0) is 20.8 Å². The third-order valence-corrected chi connectivity index (χ3v) is 0. The molecule has 0 fully saturated rings. The Morgan fingerprint density at radius 1 is 1.09 bits per heavy atom. The zero-order chi connectivity index (χ0) is 9.00. The molecule has 72 valence electrons. The minimum atomic E-state index is -4.64. The van der Waals surface area contributed by atoms with Crippen LogP contribution in [0.3, 0.4) is 0 Å². The van der Waals surface area contributed by atoms with E-state index in [2.05, 4.69) is 0 Å². The Hall–Kier alpha value is 0.0300. The lowest BCUT2D eigenvalue weighted by Crippen LogP contribution is -2.10. The minimum Gasteiger partial charge on any atom is -0.412 e. The van der Waals surface area contributed by atoms with E-state index in [0.29, 0.717) is 0 Å². The lowest BCUT2D eigenvalue weighted by atomic mass is 10.2. The summed E-state index contributed by atoms with van der Waals surface area (Å²) in [6, 6.07) is 0. The highest BCUT2D eigenvalue weighted by Gasteiger charge is 2.00. The van der Waals surface area contributed by atoms with E-state index in [0.717, 1.165) is 0 Å². The molecule has 0 spiro atoms. The van der Waals surface area contributed by atoms with Crippen LogP contribution in [0.15, 0.2) is 0 Å². The van der Waals surface area contributed by atoms with Crippen molar-refractivity contribution in [1.29, 1.82) is 0 Å². The molecule has 0 aromatic carbocycles. The van der Waals surface area contributed by atoms with Gasteiger partial charge in [-0.3, -0.25) is 0 Å². The highest BCUT2D eigenvalue weighted by Crippen LogP contribution is 2.25. The van der Waals surface area contributed by atoms with E-state index in [1.807, 2.05) is 0 Å². The standard InChI is InChI=1S/C4H10O.H3O4P.H2O/c1-4(2,3)5;1-5(2,3)4;/h5H,1-3H3;(H3,1,2,3,4);1H2. The molecule has 0 saturated heterocycles. The van der Waals surface area contributed by atoms with Crippen molar-refractivity contribution < 1.29 is 29.8 Å². The molecule has 0 saturated carbocycles. The van der Waals surface area contributed by atoms with E-state index >= 15 is 0 Å². The van der Waals surface area contributed by atoms with Gasteiger partial charge in [-0.1, -0.05) is 0 Å². The highest BCUT2D eigenvalue weighted by atomic mass is 31.2. The van der Waals surface area contributed by atoms with Gasteiger partial charge >= 0.3 is 7.82 Å². The fourth-order valence-electron chi connectivity index (χ4n) is 0. The van der Waals surface area contributed by atoms with Gasteiger partial charge in [0.1, 0.15) is 0 Å². The Bertz CT molecular complexity index is 107. The quantitative estimate of drug-likeness (QED) is 0.365. The molecule has 0 amide bonds. The maximum atomic E-state index is 8.88. The topological polar surface area (TPSA) is 129 Å². The van der Waals surface area contributed by atoms with E-state index < -0.39 is 13.4 Å². The van der Waals surface area contributed by atoms with Gasteiger partial charge < -0.3 is 25.3 Å². The van der Waals surface area contributed by atoms with E-state index in [1.54, 1.807) is 20.8 Å². The van der Waals surface area contributed by atoms with E-state index in [-0.39, 0.29) is 5.48 Å². The number of hydrogen-bond acceptors (Lipinski definition) is 2. The first kappa shape index (κ1) is 17.2. The monoisotopic (exact) mass is 190 g/mol. The Labute approximate surface area is 65.0 Å². The van der Waals surface area contributed by atoms with Crippen LogP contribution in [-0.2, 0) is 4.57 Å². The molecular formula is C4H15O6P. The van der Waals surface area contributed by atoms with Crippen molar-refractivity contribution in [3.8, 4) is 0 Å². The Morgan fingerprint density at radius 3 is 1.09 bits per heavy atom. The average molecular weight is 190 g/mol. The molecule has 6 N–H and O–H groups in total. The fraction of sp³-hybridized carbons (Fsp3) is 1.00. The number of aliphatic hydroxyl groups is 1. The summed E-state index contributed by atoms with van der Waals surface area (Å²) in [5.74, 6) is 0. The third-order valence-electron chi connectivity index (χ3n) is 0. The predicted octanol–water partition coefficient (Wildman–Crippen LogP) is -0.976. The summed E-state index contributed by atoms with van der Waals surface area (Å²) >= 11 is 0. The van der Waals surface area contributed by atoms with Gasteiger partial charge in [0, 0.05) is 0 Å². The smallest absolute Gasteiger partial charge is 0.412 e. The van der Waals surface area contributed by atoms with Gasteiger partial charge in [-0.2, -0.15) is 0 Å². The highest BCUT2D eigenvalue weighted by molar-refractivity contribution is 7.45. The SMILES string of the molecule is CC(C)(C)O.O.O=P(O)(O)O. The molecule has 7 heteroatoms. The van der Waals surface area contributed by atoms with Gasteiger partial charge in [0.2, 0.25) is 0 Å². The Balaban J connectivity index is -0.000000107. The number of rotatable bonds is 0. The second kappa shape index (κ2) is 5.65. The molecule has 6 nitrogen and oxygen atoms in total. The van der Waals surface area contributed by atoms with Crippen molar-refractivity contribution in [2.75, 3.05) is 0 Å². The van der Waals surface area contributed by atoms with Crippen molar-refractivity contribution in [2.24, 2.45) is 0 Å². The molecule has 0 aliphatic rings. The van der Waals surface area contributed by atoms with Crippen LogP contribution in [0.5, 0.6) is 0 Å². The molecule has 0 radical (unpaired) electrons. The van der Waals surface area contributed by atoms with Crippen LogP contribution in [0.1, 0.15) is 20.8 Å². The molecule has 0 unspecified atom stereocenters. The zero-order valence-corrected chi connectivity index (χ0v) is 7.54. The van der Waals surface area contributed by atoms with Crippen LogP contribution in [0.25, 0.3) is 0 Å². The van der Waals surface area contributed by atoms with Crippen molar-refractivity contribution in [3.63, 3.8) is 0 Å². The summed E-state index contributed by atoms with van der Waals surface area (Å²) < 4.78 is 8.88. The maximum Gasteiger partial charge on any atom is 0.466 e. The molecule has 0 aliphatic carbocycles. The maximum absolute atomic E-state index is 8.88. The third kappa shape index (κ3) is 719000. The van der Waals surface area contributed by atoms with Gasteiger partial charge in [0.25, 0.3) is 0 Å². The summed E-state index contributed by atoms with van der Waals surface area (Å²) in [4.78, 5) is 21.6. The van der Waals surface area contributed by atoms with Gasteiger partial charge in [0.05, 0.1) is 5.60 Å². The molecule has 0 aromatic heterocycles. The first-order valence-electron chi connectivity index (χ1n) is 2.51. The second-order valence-electron chi connectivity index (χ2n) is 2.68. The first-order chi connectivity index (χ1) is 4.00. The number of phosphoric acid groups is 1. The second-order valence-corrected chi connectivity index (χ2v) is 3.71. The molecule has 0 rings (SSSR count). The minimum absolute atomic E-state index is 0. The van der Waals surface area contributed by atoms with Gasteiger partial charge in [-0.25, -0.2) is 4.57 Å². The van der Waals surface area contributed by atoms with E-state index in [1.165, 1.54) is 0 Å². The van der Waals surface area contributed by atoms with Crippen molar-refractivity contribution >= 4 is 7.82 Å². The van der Waals surface area contributed by atoms with Crippen molar-refractivity contribution in [1.82, 2.24) is 0 Å². The Morgan fingerprint density at radius 2 is 1.09 bits per heavy atom. The van der Waals surface area contributed by atoms with Crippen molar-refractivity contribution in [2.45, 2.75) is 26.4 Å². The van der Waals surface area contributed by atoms with Crippen LogP contribution < -0.4 is 0 Å². The normalized spacial score (nSPS) is 10.8. The van der Waals surface area contributed by atoms with Crippen LogP contribution in [0, 0.1) is 0 Å². The van der Waals surface area contributed by atoms with Crippen molar-refractivity contribution in [3.05, 3.63) is 0 Å². The summed E-state index contributed by atoms with van der Waals surface area (Å²) in [5.41, 5.74) is -0.500. The van der Waals surface area contributed by atoms with Crippen LogP contribution >= 0.6 is 7.82 Å². The summed E-state index contributed by atoms with van der Waals surface area (Å²) in [6.07, 6.45) is 0. The molecule has 0 heterocycles. The lowest BCUT2D eigenvalue weighted by Gasteiger charge is -2.04. The van der Waals surface area contributed by atoms with Crippen LogP contribution in [-0.4, -0.2) is 30.9 Å². The molecule has 0 aromatic rings. The first-order valence-corrected chi connectivity index (χ1v) is 4.07. The molecule has 0 bridgehead atoms. The largest absolute Gasteiger partial charge is 0.466 e. The summed E-state index contributed by atoms with van der Waals surface area (Å²) in [5, 5.41) is 8.52. The zero-order valence-electron chi connectivity index (χ0n) is 6.64. The van der Waals surface area contributed by atoms with E-state index in [4.69, 9.17) is 24.4 Å². The summed E-state index contributed by atoms with van der Waals surface area (Å²) in [6.45, 7) is 5.23. The molecular weight excluding hydrogens is 175 g/mol. The molecule has 0 atom stereocenters. The lowest BCUT2D eigenvalue weighted by molar-refractivity contribution is 0.102. The number of hydrogen-bond donors (Lipinski definition) is 4. The molecule has 11 heavy (non-hydrogen) atoms. The van der Waals surface area contributed by atoms with Crippen LogP contribution in [0.2, 0.25) is 0 Å². The Kier molecular flexibility index (Phi) is 8.84. The molecule has 0 aliphatic heterocycles. The summed E-state index contributed by atoms with van der Waals surface area (Å²) in [7, 11) is -4.64. The average Bonchev–Trinajstić information content (AvgIpc) is 1.12. The van der Waals surface area contributed by atoms with E-state index in [9.17, 15) is 0 Å². The van der Waals surface area contributed by atoms with Gasteiger partial charge in [-0.15, -0.1) is 0 Å². The predicted molar refractivity (Wildman–Crippen MR) is 39.8 cm³/mol.